The van der Waals surface area contributed by atoms with Gasteiger partial charge in [0.05, 0.1) is 15.2 Å². The maximum atomic E-state index is 13.1. The van der Waals surface area contributed by atoms with E-state index in [0.717, 1.165) is 12.1 Å². The molecule has 9 heteroatoms. The summed E-state index contributed by atoms with van der Waals surface area (Å²) < 4.78 is 38.6. The molecule has 0 spiro atoms. The Hall–Kier alpha value is -2.24. The molecule has 1 fully saturated rings. The second kappa shape index (κ2) is 6.34. The van der Waals surface area contributed by atoms with E-state index in [-0.39, 0.29) is 22.2 Å². The van der Waals surface area contributed by atoms with Crippen LogP contribution in [0.3, 0.4) is 0 Å². The summed E-state index contributed by atoms with van der Waals surface area (Å²) in [6.45, 7) is 0.627. The standard InChI is InChI=1S/C15H12ClFN4O2S/c16-13-7-10(17)1-2-14(13)24(22,23)12-4-6-21(9-12)15-19-5-3-11(8-18)20-15/h1-3,5,7,12H,4,6,9H2/t12-/m0/s1. The van der Waals surface area contributed by atoms with Crippen LogP contribution in [0, 0.1) is 17.1 Å². The quantitative estimate of drug-likeness (QED) is 0.774. The zero-order valence-electron chi connectivity index (χ0n) is 12.4. The first-order valence-electron chi connectivity index (χ1n) is 7.09. The van der Waals surface area contributed by atoms with Gasteiger partial charge in [0.15, 0.2) is 9.84 Å². The predicted molar refractivity (Wildman–Crippen MR) is 86.0 cm³/mol. The highest BCUT2D eigenvalue weighted by atomic mass is 35.5. The van der Waals surface area contributed by atoms with Crippen molar-refractivity contribution in [2.45, 2.75) is 16.6 Å². The number of anilines is 1. The van der Waals surface area contributed by atoms with Crippen LogP contribution in [-0.4, -0.2) is 36.7 Å². The molecule has 2 heterocycles. The first kappa shape index (κ1) is 16.6. The van der Waals surface area contributed by atoms with Gasteiger partial charge in [0.2, 0.25) is 5.95 Å². The third kappa shape index (κ3) is 3.05. The van der Waals surface area contributed by atoms with E-state index in [1.807, 2.05) is 6.07 Å². The Morgan fingerprint density at radius 3 is 2.88 bits per heavy atom. The normalized spacial score (nSPS) is 17.7. The number of halogens is 2. The van der Waals surface area contributed by atoms with E-state index >= 15 is 0 Å². The first-order chi connectivity index (χ1) is 11.4. The van der Waals surface area contributed by atoms with Gasteiger partial charge in [-0.3, -0.25) is 0 Å². The molecule has 124 valence electrons. The highest BCUT2D eigenvalue weighted by Crippen LogP contribution is 2.30. The molecule has 0 N–H and O–H groups in total. The Morgan fingerprint density at radius 1 is 1.38 bits per heavy atom. The number of benzene rings is 1. The SMILES string of the molecule is N#Cc1ccnc(N2CC[C@H](S(=O)(=O)c3ccc(F)cc3Cl)C2)n1. The van der Waals surface area contributed by atoms with Gasteiger partial charge in [0.1, 0.15) is 17.6 Å². The molecule has 1 saturated heterocycles. The van der Waals surface area contributed by atoms with Crippen LogP contribution in [0.1, 0.15) is 12.1 Å². The highest BCUT2D eigenvalue weighted by molar-refractivity contribution is 7.92. The molecule has 3 rings (SSSR count). The number of rotatable bonds is 3. The predicted octanol–water partition coefficient (Wildman–Crippen LogP) is 2.19. The summed E-state index contributed by atoms with van der Waals surface area (Å²) in [5, 5.41) is 8.06. The highest BCUT2D eigenvalue weighted by Gasteiger charge is 2.36. The summed E-state index contributed by atoms with van der Waals surface area (Å²) in [5.41, 5.74) is 0.216. The fraction of sp³-hybridized carbons (Fsp3) is 0.267. The molecule has 0 saturated carbocycles. The molecule has 0 bridgehead atoms. The van der Waals surface area contributed by atoms with Crippen molar-refractivity contribution in [2.75, 3.05) is 18.0 Å². The Bertz CT molecular complexity index is 929. The molecular weight excluding hydrogens is 355 g/mol. The fourth-order valence-corrected chi connectivity index (χ4v) is 4.84. The molecule has 1 aromatic heterocycles. The zero-order valence-corrected chi connectivity index (χ0v) is 13.9. The Kier molecular flexibility index (Phi) is 4.39. The van der Waals surface area contributed by atoms with Crippen molar-refractivity contribution in [3.63, 3.8) is 0 Å². The number of nitriles is 1. The van der Waals surface area contributed by atoms with Crippen LogP contribution < -0.4 is 4.90 Å². The van der Waals surface area contributed by atoms with E-state index in [2.05, 4.69) is 9.97 Å². The number of sulfone groups is 1. The Balaban J connectivity index is 1.85. The van der Waals surface area contributed by atoms with Gasteiger partial charge in [-0.25, -0.2) is 22.8 Å². The van der Waals surface area contributed by atoms with Crippen molar-refractivity contribution in [3.05, 3.63) is 47.0 Å². The summed E-state index contributed by atoms with van der Waals surface area (Å²) in [4.78, 5) is 9.79. The lowest BCUT2D eigenvalue weighted by molar-refractivity contribution is 0.582. The lowest BCUT2D eigenvalue weighted by Crippen LogP contribution is -2.28. The Labute approximate surface area is 143 Å². The number of aromatic nitrogens is 2. The largest absolute Gasteiger partial charge is 0.339 e. The van der Waals surface area contributed by atoms with E-state index in [1.165, 1.54) is 18.3 Å². The number of hydrogen-bond donors (Lipinski definition) is 0. The molecule has 6 nitrogen and oxygen atoms in total. The minimum absolute atomic E-state index is 0.0795. The lowest BCUT2D eigenvalue weighted by atomic mass is 10.3. The van der Waals surface area contributed by atoms with Crippen molar-refractivity contribution in [2.24, 2.45) is 0 Å². The summed E-state index contributed by atoms with van der Waals surface area (Å²) in [5.74, 6) is -0.273. The molecule has 1 aromatic carbocycles. The van der Waals surface area contributed by atoms with Crippen molar-refractivity contribution in [1.82, 2.24) is 9.97 Å². The van der Waals surface area contributed by atoms with Crippen LogP contribution in [-0.2, 0) is 9.84 Å². The lowest BCUT2D eigenvalue weighted by Gasteiger charge is -2.16. The van der Waals surface area contributed by atoms with Crippen molar-refractivity contribution in [1.29, 1.82) is 5.26 Å². The summed E-state index contributed by atoms with van der Waals surface area (Å²) in [7, 11) is -3.70. The number of hydrogen-bond acceptors (Lipinski definition) is 6. The van der Waals surface area contributed by atoms with Crippen LogP contribution in [0.2, 0.25) is 5.02 Å². The van der Waals surface area contributed by atoms with Crippen molar-refractivity contribution < 1.29 is 12.8 Å². The van der Waals surface area contributed by atoms with E-state index < -0.39 is 20.9 Å². The summed E-state index contributed by atoms with van der Waals surface area (Å²) in [6.07, 6.45) is 1.83. The monoisotopic (exact) mass is 366 g/mol. The summed E-state index contributed by atoms with van der Waals surface area (Å²) >= 11 is 5.89. The zero-order chi connectivity index (χ0) is 17.3. The van der Waals surface area contributed by atoms with Crippen LogP contribution in [0.25, 0.3) is 0 Å². The maximum Gasteiger partial charge on any atom is 0.226 e. The first-order valence-corrected chi connectivity index (χ1v) is 9.01. The van der Waals surface area contributed by atoms with E-state index in [1.54, 1.807) is 4.90 Å². The maximum absolute atomic E-state index is 13.1. The van der Waals surface area contributed by atoms with Crippen LogP contribution in [0.5, 0.6) is 0 Å². The molecule has 2 aromatic rings. The molecule has 1 aliphatic heterocycles. The fourth-order valence-electron chi connectivity index (χ4n) is 2.61. The molecule has 0 radical (unpaired) electrons. The molecule has 1 atom stereocenters. The molecule has 0 aliphatic carbocycles. The van der Waals surface area contributed by atoms with E-state index in [4.69, 9.17) is 16.9 Å². The second-order valence-electron chi connectivity index (χ2n) is 5.33. The molecule has 0 unspecified atom stereocenters. The van der Waals surface area contributed by atoms with Crippen molar-refractivity contribution in [3.8, 4) is 6.07 Å². The minimum Gasteiger partial charge on any atom is -0.339 e. The molecular formula is C15H12ClFN4O2S. The third-order valence-electron chi connectivity index (χ3n) is 3.82. The van der Waals surface area contributed by atoms with Gasteiger partial charge in [-0.1, -0.05) is 11.6 Å². The second-order valence-corrected chi connectivity index (χ2v) is 7.93. The minimum atomic E-state index is -3.70. The smallest absolute Gasteiger partial charge is 0.226 e. The van der Waals surface area contributed by atoms with Gasteiger partial charge in [0.25, 0.3) is 0 Å². The summed E-state index contributed by atoms with van der Waals surface area (Å²) in [6, 6.07) is 6.64. The van der Waals surface area contributed by atoms with Gasteiger partial charge in [-0.05, 0) is 30.7 Å². The van der Waals surface area contributed by atoms with Crippen molar-refractivity contribution >= 4 is 27.4 Å². The topological polar surface area (TPSA) is 87.0 Å². The van der Waals surface area contributed by atoms with Gasteiger partial charge >= 0.3 is 0 Å². The van der Waals surface area contributed by atoms with Gasteiger partial charge in [0, 0.05) is 19.3 Å². The van der Waals surface area contributed by atoms with Crippen LogP contribution >= 0.6 is 11.6 Å². The van der Waals surface area contributed by atoms with Gasteiger partial charge in [-0.15, -0.1) is 0 Å². The Morgan fingerprint density at radius 2 is 2.17 bits per heavy atom. The molecule has 1 aliphatic rings. The molecule has 24 heavy (non-hydrogen) atoms. The molecule has 0 amide bonds. The van der Waals surface area contributed by atoms with Gasteiger partial charge in [-0.2, -0.15) is 5.26 Å². The van der Waals surface area contributed by atoms with Crippen LogP contribution in [0.4, 0.5) is 10.3 Å². The average molecular weight is 367 g/mol. The van der Waals surface area contributed by atoms with Crippen LogP contribution in [0.15, 0.2) is 35.4 Å². The average Bonchev–Trinajstić information content (AvgIpc) is 3.05. The number of nitrogens with zero attached hydrogens (tertiary/aromatic N) is 4. The van der Waals surface area contributed by atoms with Gasteiger partial charge < -0.3 is 4.90 Å². The third-order valence-corrected chi connectivity index (χ3v) is 6.48. The van der Waals surface area contributed by atoms with E-state index in [9.17, 15) is 12.8 Å². The van der Waals surface area contributed by atoms with E-state index in [0.29, 0.717) is 18.9 Å².